The number of likely N-dealkylation sites (tertiary alicyclic amines) is 2. The maximum absolute atomic E-state index is 12.4. The van der Waals surface area contributed by atoms with Crippen LogP contribution in [-0.2, 0) is 0 Å². The molecule has 0 N–H and O–H groups in total. The molecule has 2 aliphatic heterocycles. The minimum absolute atomic E-state index is 0.200. The van der Waals surface area contributed by atoms with E-state index < -0.39 is 0 Å². The quantitative estimate of drug-likeness (QED) is 0.827. The summed E-state index contributed by atoms with van der Waals surface area (Å²) < 4.78 is 0.937. The van der Waals surface area contributed by atoms with Crippen LogP contribution in [0, 0.1) is 5.92 Å². The number of hydrogen-bond acceptors (Lipinski definition) is 3. The van der Waals surface area contributed by atoms with Crippen LogP contribution in [0.5, 0.6) is 0 Å². The van der Waals surface area contributed by atoms with Crippen LogP contribution < -0.4 is 0 Å². The summed E-state index contributed by atoms with van der Waals surface area (Å²) in [5, 5.41) is 1.97. The SMILES string of the molecule is O=C(c1sccc1Br)N1CCC(CN2CCCC2)CC1. The van der Waals surface area contributed by atoms with Crippen molar-refractivity contribution in [3.05, 3.63) is 20.8 Å². The lowest BCUT2D eigenvalue weighted by Gasteiger charge is -2.33. The highest BCUT2D eigenvalue weighted by molar-refractivity contribution is 9.10. The zero-order valence-corrected chi connectivity index (χ0v) is 14.1. The fourth-order valence-corrected chi connectivity index (χ4v) is 4.75. The fraction of sp³-hybridized carbons (Fsp3) is 0.667. The average molecular weight is 357 g/mol. The summed E-state index contributed by atoms with van der Waals surface area (Å²) in [6, 6.07) is 1.96. The number of thiophene rings is 1. The molecule has 0 aromatic carbocycles. The Hall–Kier alpha value is -0.390. The van der Waals surface area contributed by atoms with Gasteiger partial charge in [0.2, 0.25) is 0 Å². The van der Waals surface area contributed by atoms with E-state index in [1.165, 1.54) is 43.8 Å². The molecule has 3 nitrogen and oxygen atoms in total. The minimum Gasteiger partial charge on any atom is -0.338 e. The van der Waals surface area contributed by atoms with Crippen molar-refractivity contribution in [1.29, 1.82) is 0 Å². The molecule has 0 bridgehead atoms. The molecular weight excluding hydrogens is 336 g/mol. The summed E-state index contributed by atoms with van der Waals surface area (Å²) in [6.45, 7) is 5.64. The summed E-state index contributed by atoms with van der Waals surface area (Å²) in [5.74, 6) is 0.982. The Balaban J connectivity index is 1.50. The van der Waals surface area contributed by atoms with Crippen LogP contribution in [0.15, 0.2) is 15.9 Å². The predicted octanol–water partition coefficient (Wildman–Crippen LogP) is 3.46. The normalized spacial score (nSPS) is 21.6. The highest BCUT2D eigenvalue weighted by Crippen LogP contribution is 2.27. The molecule has 2 saturated heterocycles. The van der Waals surface area contributed by atoms with Gasteiger partial charge in [-0.1, -0.05) is 0 Å². The van der Waals surface area contributed by atoms with Crippen molar-refractivity contribution in [3.8, 4) is 0 Å². The van der Waals surface area contributed by atoms with Gasteiger partial charge < -0.3 is 9.80 Å². The molecule has 3 heterocycles. The van der Waals surface area contributed by atoms with Gasteiger partial charge in [-0.15, -0.1) is 11.3 Å². The number of rotatable bonds is 3. The van der Waals surface area contributed by atoms with E-state index in [1.807, 2.05) is 16.3 Å². The van der Waals surface area contributed by atoms with Gasteiger partial charge in [0.25, 0.3) is 5.91 Å². The topological polar surface area (TPSA) is 23.6 Å². The van der Waals surface area contributed by atoms with Crippen molar-refractivity contribution < 1.29 is 4.79 Å². The predicted molar refractivity (Wildman–Crippen MR) is 86.3 cm³/mol. The average Bonchev–Trinajstić information content (AvgIpc) is 3.10. The zero-order valence-electron chi connectivity index (χ0n) is 11.7. The van der Waals surface area contributed by atoms with Gasteiger partial charge in [-0.3, -0.25) is 4.79 Å². The summed E-state index contributed by atoms with van der Waals surface area (Å²) in [5.41, 5.74) is 0. The van der Waals surface area contributed by atoms with E-state index in [0.717, 1.165) is 41.2 Å². The number of nitrogens with zero attached hydrogens (tertiary/aromatic N) is 2. The number of halogens is 1. The first-order chi connectivity index (χ1) is 9.74. The van der Waals surface area contributed by atoms with Crippen molar-refractivity contribution in [1.82, 2.24) is 9.80 Å². The first kappa shape index (κ1) is 14.5. The van der Waals surface area contributed by atoms with Crippen molar-refractivity contribution in [2.45, 2.75) is 25.7 Å². The number of hydrogen-bond donors (Lipinski definition) is 0. The smallest absolute Gasteiger partial charge is 0.265 e. The molecule has 1 amide bonds. The van der Waals surface area contributed by atoms with Crippen LogP contribution in [0.2, 0.25) is 0 Å². The van der Waals surface area contributed by atoms with Crippen molar-refractivity contribution in [2.24, 2.45) is 5.92 Å². The Kier molecular flexibility index (Phi) is 4.79. The molecule has 110 valence electrons. The molecule has 0 atom stereocenters. The molecule has 0 radical (unpaired) electrons. The highest BCUT2D eigenvalue weighted by atomic mass is 79.9. The van der Waals surface area contributed by atoms with Crippen LogP contribution >= 0.6 is 27.3 Å². The minimum atomic E-state index is 0.200. The molecular formula is C15H21BrN2OS. The molecule has 0 saturated carbocycles. The molecule has 0 unspecified atom stereocenters. The third-order valence-corrected chi connectivity index (χ3v) is 6.25. The summed E-state index contributed by atoms with van der Waals surface area (Å²) in [7, 11) is 0. The summed E-state index contributed by atoms with van der Waals surface area (Å²) in [4.78, 5) is 17.9. The number of carbonyl (C=O) groups excluding carboxylic acids is 1. The summed E-state index contributed by atoms with van der Waals surface area (Å²) in [6.07, 6.45) is 5.05. The van der Waals surface area contributed by atoms with Crippen LogP contribution in [0.25, 0.3) is 0 Å². The van der Waals surface area contributed by atoms with Crippen molar-refractivity contribution >= 4 is 33.2 Å². The van der Waals surface area contributed by atoms with E-state index in [2.05, 4.69) is 20.8 Å². The Bertz CT molecular complexity index is 462. The van der Waals surface area contributed by atoms with E-state index in [4.69, 9.17) is 0 Å². The molecule has 5 heteroatoms. The van der Waals surface area contributed by atoms with Gasteiger partial charge in [0, 0.05) is 24.1 Å². The summed E-state index contributed by atoms with van der Waals surface area (Å²) >= 11 is 4.99. The number of amides is 1. The molecule has 1 aromatic heterocycles. The first-order valence-corrected chi connectivity index (χ1v) is 9.16. The lowest BCUT2D eigenvalue weighted by molar-refractivity contribution is 0.0677. The van der Waals surface area contributed by atoms with Gasteiger partial charge >= 0.3 is 0 Å². The van der Waals surface area contributed by atoms with E-state index in [-0.39, 0.29) is 5.91 Å². The molecule has 20 heavy (non-hydrogen) atoms. The van der Waals surface area contributed by atoms with Crippen LogP contribution in [0.4, 0.5) is 0 Å². The number of carbonyl (C=O) groups is 1. The largest absolute Gasteiger partial charge is 0.338 e. The maximum Gasteiger partial charge on any atom is 0.265 e. The Morgan fingerprint density at radius 1 is 1.25 bits per heavy atom. The second-order valence-electron chi connectivity index (χ2n) is 5.84. The third kappa shape index (κ3) is 3.26. The molecule has 1 aromatic rings. The van der Waals surface area contributed by atoms with Gasteiger partial charge in [-0.25, -0.2) is 0 Å². The van der Waals surface area contributed by atoms with Crippen LogP contribution in [0.1, 0.15) is 35.4 Å². The third-order valence-electron chi connectivity index (χ3n) is 4.43. The lowest BCUT2D eigenvalue weighted by atomic mass is 9.96. The maximum atomic E-state index is 12.4. The van der Waals surface area contributed by atoms with Crippen LogP contribution in [0.3, 0.4) is 0 Å². The Morgan fingerprint density at radius 3 is 2.55 bits per heavy atom. The molecule has 2 fully saturated rings. The van der Waals surface area contributed by atoms with E-state index in [1.54, 1.807) is 0 Å². The van der Waals surface area contributed by atoms with Crippen LogP contribution in [-0.4, -0.2) is 48.4 Å². The van der Waals surface area contributed by atoms with Gasteiger partial charge in [-0.2, -0.15) is 0 Å². The van der Waals surface area contributed by atoms with E-state index in [0.29, 0.717) is 0 Å². The molecule has 0 aliphatic carbocycles. The van der Waals surface area contributed by atoms with Gasteiger partial charge in [0.15, 0.2) is 0 Å². The van der Waals surface area contributed by atoms with E-state index >= 15 is 0 Å². The van der Waals surface area contributed by atoms with Crippen molar-refractivity contribution in [2.75, 3.05) is 32.7 Å². The van der Waals surface area contributed by atoms with Gasteiger partial charge in [0.1, 0.15) is 4.88 Å². The van der Waals surface area contributed by atoms with Crippen molar-refractivity contribution in [3.63, 3.8) is 0 Å². The van der Waals surface area contributed by atoms with E-state index in [9.17, 15) is 4.79 Å². The molecule has 2 aliphatic rings. The molecule has 3 rings (SSSR count). The second kappa shape index (κ2) is 6.58. The lowest BCUT2D eigenvalue weighted by Crippen LogP contribution is -2.41. The fourth-order valence-electron chi connectivity index (χ4n) is 3.24. The first-order valence-electron chi connectivity index (χ1n) is 7.48. The monoisotopic (exact) mass is 356 g/mol. The van der Waals surface area contributed by atoms with Gasteiger partial charge in [0.05, 0.1) is 0 Å². The zero-order chi connectivity index (χ0) is 13.9. The Labute approximate surface area is 133 Å². The Morgan fingerprint density at radius 2 is 1.95 bits per heavy atom. The highest BCUT2D eigenvalue weighted by Gasteiger charge is 2.26. The second-order valence-corrected chi connectivity index (χ2v) is 7.61. The standard InChI is InChI=1S/C15H21BrN2OS/c16-13-5-10-20-14(13)15(19)18-8-3-12(4-9-18)11-17-6-1-2-7-17/h5,10,12H,1-4,6-9,11H2. The molecule has 0 spiro atoms. The van der Waals surface area contributed by atoms with Gasteiger partial charge in [-0.05, 0) is 72.1 Å². The number of piperidine rings is 1.